The molecule has 0 amide bonds. The lowest BCUT2D eigenvalue weighted by Crippen LogP contribution is -1.85. The van der Waals surface area contributed by atoms with Gasteiger partial charge in [0, 0.05) is 11.8 Å². The van der Waals surface area contributed by atoms with Gasteiger partial charge in [0.2, 0.25) is 0 Å². The van der Waals surface area contributed by atoms with Gasteiger partial charge in [-0.2, -0.15) is 5.26 Å². The SMILES string of the molecule is N#Cc1ccc(-c2cccc(F)c2)nc1. The highest BCUT2D eigenvalue weighted by molar-refractivity contribution is 5.59. The largest absolute Gasteiger partial charge is 0.255 e. The fourth-order valence-electron chi connectivity index (χ4n) is 1.28. The number of halogens is 1. The Labute approximate surface area is 86.6 Å². The molecule has 0 radical (unpaired) electrons. The summed E-state index contributed by atoms with van der Waals surface area (Å²) in [6.45, 7) is 0. The molecule has 2 rings (SSSR count). The minimum Gasteiger partial charge on any atom is -0.255 e. The van der Waals surface area contributed by atoms with Gasteiger partial charge < -0.3 is 0 Å². The van der Waals surface area contributed by atoms with Crippen molar-refractivity contribution in [1.82, 2.24) is 4.98 Å². The average molecular weight is 198 g/mol. The lowest BCUT2D eigenvalue weighted by atomic mass is 10.1. The maximum Gasteiger partial charge on any atom is 0.123 e. The summed E-state index contributed by atoms with van der Waals surface area (Å²) in [7, 11) is 0. The molecule has 0 unspecified atom stereocenters. The van der Waals surface area contributed by atoms with E-state index in [1.165, 1.54) is 18.3 Å². The molecule has 0 bridgehead atoms. The summed E-state index contributed by atoms with van der Waals surface area (Å²) in [4.78, 5) is 4.07. The molecule has 2 aromatic rings. The minimum absolute atomic E-state index is 0.293. The van der Waals surface area contributed by atoms with Crippen molar-refractivity contribution in [2.24, 2.45) is 0 Å². The molecule has 0 N–H and O–H groups in total. The molecule has 2 nitrogen and oxygen atoms in total. The predicted octanol–water partition coefficient (Wildman–Crippen LogP) is 2.76. The summed E-state index contributed by atoms with van der Waals surface area (Å²) in [5.74, 6) is -0.293. The van der Waals surface area contributed by atoms with E-state index in [2.05, 4.69) is 4.98 Å². The van der Waals surface area contributed by atoms with Crippen LogP contribution in [0.25, 0.3) is 11.3 Å². The van der Waals surface area contributed by atoms with Gasteiger partial charge in [0.15, 0.2) is 0 Å². The van der Waals surface area contributed by atoms with Gasteiger partial charge in [-0.15, -0.1) is 0 Å². The van der Waals surface area contributed by atoms with E-state index in [1.807, 2.05) is 6.07 Å². The van der Waals surface area contributed by atoms with E-state index >= 15 is 0 Å². The van der Waals surface area contributed by atoms with Crippen molar-refractivity contribution < 1.29 is 4.39 Å². The third kappa shape index (κ3) is 2.00. The van der Waals surface area contributed by atoms with Gasteiger partial charge in [-0.1, -0.05) is 12.1 Å². The minimum atomic E-state index is -0.293. The first-order chi connectivity index (χ1) is 7.29. The Bertz CT molecular complexity index is 512. The second-order valence-corrected chi connectivity index (χ2v) is 3.05. The van der Waals surface area contributed by atoms with Crippen molar-refractivity contribution in [2.45, 2.75) is 0 Å². The summed E-state index contributed by atoms with van der Waals surface area (Å²) in [6.07, 6.45) is 1.47. The van der Waals surface area contributed by atoms with E-state index in [0.717, 1.165) is 0 Å². The van der Waals surface area contributed by atoms with Crippen molar-refractivity contribution in [3.63, 3.8) is 0 Å². The molecule has 1 heterocycles. The first kappa shape index (κ1) is 9.35. The molecule has 0 fully saturated rings. The van der Waals surface area contributed by atoms with E-state index in [-0.39, 0.29) is 5.82 Å². The molecular weight excluding hydrogens is 191 g/mol. The van der Waals surface area contributed by atoms with Gasteiger partial charge in [-0.3, -0.25) is 4.98 Å². The van der Waals surface area contributed by atoms with Crippen LogP contribution in [-0.2, 0) is 0 Å². The van der Waals surface area contributed by atoms with E-state index in [4.69, 9.17) is 5.26 Å². The molecule has 0 atom stereocenters. The average Bonchev–Trinajstić information content (AvgIpc) is 2.29. The monoisotopic (exact) mass is 198 g/mol. The second-order valence-electron chi connectivity index (χ2n) is 3.05. The third-order valence-electron chi connectivity index (χ3n) is 2.01. The molecule has 0 aliphatic rings. The van der Waals surface area contributed by atoms with Crippen molar-refractivity contribution >= 4 is 0 Å². The highest BCUT2D eigenvalue weighted by atomic mass is 19.1. The quantitative estimate of drug-likeness (QED) is 0.706. The third-order valence-corrected chi connectivity index (χ3v) is 2.01. The molecule has 0 aliphatic carbocycles. The molecular formula is C12H7FN2. The van der Waals surface area contributed by atoms with Crippen molar-refractivity contribution in [3.05, 3.63) is 54.0 Å². The molecule has 0 aliphatic heterocycles. The van der Waals surface area contributed by atoms with Crippen LogP contribution in [0.1, 0.15) is 5.56 Å². The van der Waals surface area contributed by atoms with E-state index in [1.54, 1.807) is 24.3 Å². The number of hydrogen-bond donors (Lipinski definition) is 0. The lowest BCUT2D eigenvalue weighted by Gasteiger charge is -1.99. The molecule has 3 heteroatoms. The first-order valence-corrected chi connectivity index (χ1v) is 4.42. The Balaban J connectivity index is 2.42. The van der Waals surface area contributed by atoms with Crippen LogP contribution >= 0.6 is 0 Å². The zero-order valence-electron chi connectivity index (χ0n) is 7.81. The fraction of sp³-hybridized carbons (Fsp3) is 0. The first-order valence-electron chi connectivity index (χ1n) is 4.42. The Hall–Kier alpha value is -2.21. The number of benzene rings is 1. The molecule has 1 aromatic heterocycles. The Morgan fingerprint density at radius 2 is 2.07 bits per heavy atom. The van der Waals surface area contributed by atoms with Crippen molar-refractivity contribution in [2.75, 3.05) is 0 Å². The molecule has 1 aromatic carbocycles. The standard InChI is InChI=1S/C12H7FN2/c13-11-3-1-2-10(6-11)12-5-4-9(7-14)8-15-12/h1-6,8H. The van der Waals surface area contributed by atoms with Crippen LogP contribution in [0.3, 0.4) is 0 Å². The molecule has 0 saturated carbocycles. The summed E-state index contributed by atoms with van der Waals surface area (Å²) in [5, 5.41) is 8.59. The van der Waals surface area contributed by atoms with Crippen LogP contribution in [0.4, 0.5) is 4.39 Å². The second kappa shape index (κ2) is 3.89. The van der Waals surface area contributed by atoms with E-state index in [9.17, 15) is 4.39 Å². The highest BCUT2D eigenvalue weighted by Crippen LogP contribution is 2.17. The molecule has 0 spiro atoms. The topological polar surface area (TPSA) is 36.7 Å². The Morgan fingerprint density at radius 1 is 1.20 bits per heavy atom. The van der Waals surface area contributed by atoms with Gasteiger partial charge in [0.1, 0.15) is 11.9 Å². The summed E-state index contributed by atoms with van der Waals surface area (Å²) < 4.78 is 12.9. The number of nitrogens with zero attached hydrogens (tertiary/aromatic N) is 2. The molecule has 72 valence electrons. The number of hydrogen-bond acceptors (Lipinski definition) is 2. The number of pyridine rings is 1. The van der Waals surface area contributed by atoms with E-state index in [0.29, 0.717) is 16.8 Å². The Morgan fingerprint density at radius 3 is 2.67 bits per heavy atom. The van der Waals surface area contributed by atoms with Gasteiger partial charge in [-0.05, 0) is 24.3 Å². The zero-order valence-corrected chi connectivity index (χ0v) is 7.81. The highest BCUT2D eigenvalue weighted by Gasteiger charge is 2.00. The van der Waals surface area contributed by atoms with Crippen LogP contribution in [0.15, 0.2) is 42.6 Å². The maximum absolute atomic E-state index is 12.9. The summed E-state index contributed by atoms with van der Waals surface area (Å²) in [5.41, 5.74) is 1.86. The number of nitriles is 1. The predicted molar refractivity (Wildman–Crippen MR) is 54.3 cm³/mol. The Kier molecular flexibility index (Phi) is 2.42. The molecule has 15 heavy (non-hydrogen) atoms. The van der Waals surface area contributed by atoms with Gasteiger partial charge in [0.25, 0.3) is 0 Å². The van der Waals surface area contributed by atoms with Crippen LogP contribution in [0.5, 0.6) is 0 Å². The van der Waals surface area contributed by atoms with Gasteiger partial charge in [-0.25, -0.2) is 4.39 Å². The van der Waals surface area contributed by atoms with Crippen LogP contribution in [0.2, 0.25) is 0 Å². The van der Waals surface area contributed by atoms with Gasteiger partial charge in [0.05, 0.1) is 11.3 Å². The molecule has 0 saturated heterocycles. The smallest absolute Gasteiger partial charge is 0.123 e. The number of rotatable bonds is 1. The van der Waals surface area contributed by atoms with Crippen LogP contribution in [0, 0.1) is 17.1 Å². The summed E-state index contributed by atoms with van der Waals surface area (Å²) >= 11 is 0. The lowest BCUT2D eigenvalue weighted by molar-refractivity contribution is 0.628. The normalized spacial score (nSPS) is 9.60. The van der Waals surface area contributed by atoms with Crippen molar-refractivity contribution in [3.8, 4) is 17.3 Å². The van der Waals surface area contributed by atoms with Crippen molar-refractivity contribution in [1.29, 1.82) is 5.26 Å². The fourth-order valence-corrected chi connectivity index (χ4v) is 1.28. The van der Waals surface area contributed by atoms with E-state index < -0.39 is 0 Å². The van der Waals surface area contributed by atoms with Gasteiger partial charge >= 0.3 is 0 Å². The van der Waals surface area contributed by atoms with Crippen LogP contribution < -0.4 is 0 Å². The summed E-state index contributed by atoms with van der Waals surface area (Å²) in [6, 6.07) is 11.5. The number of aromatic nitrogens is 1. The zero-order chi connectivity index (χ0) is 10.7. The van der Waals surface area contributed by atoms with Crippen LogP contribution in [-0.4, -0.2) is 4.98 Å². The maximum atomic E-state index is 12.9.